The lowest BCUT2D eigenvalue weighted by molar-refractivity contribution is 0.0506. The smallest absolute Gasteiger partial charge is 0.340 e. The van der Waals surface area contributed by atoms with Crippen LogP contribution in [0.15, 0.2) is 42.6 Å². The Balaban J connectivity index is 2.03. The van der Waals surface area contributed by atoms with Gasteiger partial charge in [-0.05, 0) is 30.7 Å². The van der Waals surface area contributed by atoms with Crippen molar-refractivity contribution in [2.24, 2.45) is 0 Å². The van der Waals surface area contributed by atoms with Crippen LogP contribution in [-0.2, 0) is 4.74 Å². The molecular weight excluding hydrogens is 318 g/mol. The molecule has 0 aliphatic heterocycles. The zero-order valence-corrected chi connectivity index (χ0v) is 13.4. The van der Waals surface area contributed by atoms with Crippen molar-refractivity contribution in [3.05, 3.63) is 48.2 Å². The van der Waals surface area contributed by atoms with Crippen molar-refractivity contribution in [1.82, 2.24) is 4.40 Å². The molecule has 0 bridgehead atoms. The molecule has 0 saturated carbocycles. The van der Waals surface area contributed by atoms with Gasteiger partial charge in [-0.15, -0.1) is 0 Å². The summed E-state index contributed by atoms with van der Waals surface area (Å²) in [5.41, 5.74) is 2.02. The molecule has 3 rings (SSSR count). The molecule has 1 aromatic carbocycles. The lowest BCUT2D eigenvalue weighted by atomic mass is 10.1. The zero-order valence-electron chi connectivity index (χ0n) is 13.4. The van der Waals surface area contributed by atoms with Crippen LogP contribution in [0.25, 0.3) is 16.4 Å². The van der Waals surface area contributed by atoms with Crippen LogP contribution in [0.1, 0.15) is 23.2 Å². The maximum Gasteiger partial charge on any atom is 0.340 e. The molecule has 0 fully saturated rings. The molecule has 2 aromatic heterocycles. The standard InChI is InChI=1S/C19H15N3O3/c20-8-2-4-11-25-19(23)18-15-7-6-14(24-12-9-21)13-17(15)22-10-3-1-5-16(18)22/h1,3,5-7,10,13H,2,4,11-12H2. The molecule has 6 nitrogen and oxygen atoms in total. The lowest BCUT2D eigenvalue weighted by Gasteiger charge is -2.04. The van der Waals surface area contributed by atoms with Crippen molar-refractivity contribution < 1.29 is 14.3 Å². The van der Waals surface area contributed by atoms with Gasteiger partial charge in [0.2, 0.25) is 0 Å². The maximum absolute atomic E-state index is 12.6. The number of pyridine rings is 1. The second-order valence-electron chi connectivity index (χ2n) is 5.35. The van der Waals surface area contributed by atoms with Gasteiger partial charge in [0.05, 0.1) is 29.3 Å². The number of nitriles is 2. The first kappa shape index (κ1) is 16.4. The number of esters is 1. The highest BCUT2D eigenvalue weighted by molar-refractivity contribution is 6.11. The van der Waals surface area contributed by atoms with Crippen molar-refractivity contribution >= 4 is 22.4 Å². The van der Waals surface area contributed by atoms with Crippen molar-refractivity contribution in [2.75, 3.05) is 13.2 Å². The van der Waals surface area contributed by atoms with Gasteiger partial charge >= 0.3 is 5.97 Å². The van der Waals surface area contributed by atoms with Gasteiger partial charge in [0, 0.05) is 24.1 Å². The number of rotatable bonds is 6. The van der Waals surface area contributed by atoms with Gasteiger partial charge in [-0.3, -0.25) is 0 Å². The third-order valence-electron chi connectivity index (χ3n) is 3.79. The molecule has 0 aliphatic rings. The van der Waals surface area contributed by atoms with Gasteiger partial charge in [0.25, 0.3) is 0 Å². The first-order chi connectivity index (χ1) is 12.3. The highest BCUT2D eigenvalue weighted by atomic mass is 16.5. The number of carbonyl (C=O) groups excluding carboxylic acids is 1. The lowest BCUT2D eigenvalue weighted by Crippen LogP contribution is -2.06. The van der Waals surface area contributed by atoms with Crippen LogP contribution in [0.5, 0.6) is 5.75 Å². The summed E-state index contributed by atoms with van der Waals surface area (Å²) in [6, 6.07) is 14.9. The highest BCUT2D eigenvalue weighted by Gasteiger charge is 2.19. The first-order valence-electron chi connectivity index (χ1n) is 7.83. The number of nitrogens with zero attached hydrogens (tertiary/aromatic N) is 3. The summed E-state index contributed by atoms with van der Waals surface area (Å²) in [7, 11) is 0. The van der Waals surface area contributed by atoms with Crippen LogP contribution in [0.4, 0.5) is 0 Å². The summed E-state index contributed by atoms with van der Waals surface area (Å²) in [5.74, 6) is 0.147. The predicted molar refractivity (Wildman–Crippen MR) is 91.1 cm³/mol. The summed E-state index contributed by atoms with van der Waals surface area (Å²) >= 11 is 0. The van der Waals surface area contributed by atoms with Gasteiger partial charge in [0.1, 0.15) is 11.8 Å². The Morgan fingerprint density at radius 3 is 2.80 bits per heavy atom. The molecule has 0 amide bonds. The Labute approximate surface area is 144 Å². The minimum absolute atomic E-state index is 0.0391. The zero-order chi connectivity index (χ0) is 17.6. The maximum atomic E-state index is 12.6. The van der Waals surface area contributed by atoms with Gasteiger partial charge in [-0.1, -0.05) is 6.07 Å². The van der Waals surface area contributed by atoms with Crippen molar-refractivity contribution in [3.63, 3.8) is 0 Å². The summed E-state index contributed by atoms with van der Waals surface area (Å²) in [6.07, 6.45) is 2.72. The van der Waals surface area contributed by atoms with Crippen LogP contribution < -0.4 is 4.74 Å². The molecule has 0 saturated heterocycles. The highest BCUT2D eigenvalue weighted by Crippen LogP contribution is 2.30. The predicted octanol–water partition coefficient (Wildman–Crippen LogP) is 3.46. The third kappa shape index (κ3) is 3.24. The molecule has 3 aromatic rings. The van der Waals surface area contributed by atoms with Gasteiger partial charge < -0.3 is 13.9 Å². The molecule has 124 valence electrons. The summed E-state index contributed by atoms with van der Waals surface area (Å²) in [5, 5.41) is 18.0. The normalized spacial score (nSPS) is 10.3. The molecule has 0 N–H and O–H groups in total. The fourth-order valence-electron chi connectivity index (χ4n) is 2.73. The van der Waals surface area contributed by atoms with E-state index in [2.05, 4.69) is 0 Å². The van der Waals surface area contributed by atoms with Crippen LogP contribution in [0.2, 0.25) is 0 Å². The van der Waals surface area contributed by atoms with Gasteiger partial charge in [-0.25, -0.2) is 4.79 Å². The van der Waals surface area contributed by atoms with Crippen molar-refractivity contribution in [3.8, 4) is 17.9 Å². The van der Waals surface area contributed by atoms with Crippen LogP contribution >= 0.6 is 0 Å². The third-order valence-corrected chi connectivity index (χ3v) is 3.79. The number of carbonyl (C=O) groups is 1. The fraction of sp³-hybridized carbons (Fsp3) is 0.211. The van der Waals surface area contributed by atoms with Crippen molar-refractivity contribution in [1.29, 1.82) is 10.5 Å². The number of unbranched alkanes of at least 4 members (excludes halogenated alkanes) is 1. The number of aromatic nitrogens is 1. The van der Waals surface area contributed by atoms with E-state index in [4.69, 9.17) is 20.0 Å². The van der Waals surface area contributed by atoms with Crippen LogP contribution in [0, 0.1) is 22.7 Å². The van der Waals surface area contributed by atoms with Crippen molar-refractivity contribution in [2.45, 2.75) is 12.8 Å². The molecule has 0 spiro atoms. The van der Waals surface area contributed by atoms with E-state index in [1.807, 2.05) is 40.9 Å². The molecular formula is C19H15N3O3. The average Bonchev–Trinajstić information content (AvgIpc) is 2.97. The second-order valence-corrected chi connectivity index (χ2v) is 5.35. The first-order valence-corrected chi connectivity index (χ1v) is 7.83. The van der Waals surface area contributed by atoms with E-state index >= 15 is 0 Å². The topological polar surface area (TPSA) is 87.5 Å². The Hall–Kier alpha value is -3.51. The minimum atomic E-state index is -0.415. The van der Waals surface area contributed by atoms with E-state index in [9.17, 15) is 4.79 Å². The number of benzene rings is 1. The Morgan fingerprint density at radius 1 is 1.12 bits per heavy atom. The average molecular weight is 333 g/mol. The molecule has 6 heteroatoms. The van der Waals surface area contributed by atoms with E-state index in [1.165, 1.54) is 0 Å². The molecule has 2 heterocycles. The monoisotopic (exact) mass is 333 g/mol. The summed E-state index contributed by atoms with van der Waals surface area (Å²) < 4.78 is 12.6. The largest absolute Gasteiger partial charge is 0.479 e. The fourth-order valence-corrected chi connectivity index (χ4v) is 2.73. The SMILES string of the molecule is N#CCCCOC(=O)c1c2ccc(OCC#N)cc2n2ccccc12. The Kier molecular flexibility index (Phi) is 4.82. The molecule has 0 radical (unpaired) electrons. The number of hydrogen-bond acceptors (Lipinski definition) is 5. The quantitative estimate of drug-likeness (QED) is 0.509. The van der Waals surface area contributed by atoms with Gasteiger partial charge in [-0.2, -0.15) is 10.5 Å². The van der Waals surface area contributed by atoms with E-state index in [1.54, 1.807) is 18.2 Å². The minimum Gasteiger partial charge on any atom is -0.479 e. The van der Waals surface area contributed by atoms with Crippen LogP contribution in [-0.4, -0.2) is 23.6 Å². The van der Waals surface area contributed by atoms with E-state index in [0.717, 1.165) is 16.4 Å². The number of fused-ring (bicyclic) bond motifs is 3. The van der Waals surface area contributed by atoms with E-state index in [0.29, 0.717) is 24.2 Å². The Morgan fingerprint density at radius 2 is 2.00 bits per heavy atom. The van der Waals surface area contributed by atoms with E-state index in [-0.39, 0.29) is 13.2 Å². The van der Waals surface area contributed by atoms with E-state index < -0.39 is 5.97 Å². The molecule has 0 aliphatic carbocycles. The van der Waals surface area contributed by atoms with Crippen LogP contribution in [0.3, 0.4) is 0 Å². The molecule has 0 unspecified atom stereocenters. The molecule has 0 atom stereocenters. The Bertz CT molecular complexity index is 1010. The van der Waals surface area contributed by atoms with Gasteiger partial charge in [0.15, 0.2) is 6.61 Å². The number of hydrogen-bond donors (Lipinski definition) is 0. The summed E-state index contributed by atoms with van der Waals surface area (Å²) in [6.45, 7) is 0.171. The number of ether oxygens (including phenoxy) is 2. The molecule has 25 heavy (non-hydrogen) atoms. The second kappa shape index (κ2) is 7.37. The summed E-state index contributed by atoms with van der Waals surface area (Å²) in [4.78, 5) is 12.6.